The summed E-state index contributed by atoms with van der Waals surface area (Å²) in [7, 11) is 0. The number of anilines is 1. The van der Waals surface area contributed by atoms with Crippen LogP contribution in [0.1, 0.15) is 5.56 Å². The molecule has 0 aliphatic heterocycles. The Kier molecular flexibility index (Phi) is 4.54. The summed E-state index contributed by atoms with van der Waals surface area (Å²) >= 11 is 1.12. The van der Waals surface area contributed by atoms with Crippen molar-refractivity contribution in [1.82, 2.24) is 9.36 Å². The Balaban J connectivity index is 1.64. The summed E-state index contributed by atoms with van der Waals surface area (Å²) in [6, 6.07) is 15.4. The second kappa shape index (κ2) is 6.93. The molecule has 0 aliphatic rings. The van der Waals surface area contributed by atoms with Crippen LogP contribution >= 0.6 is 11.5 Å². The Morgan fingerprint density at radius 3 is 2.57 bits per heavy atom. The molecule has 6 heteroatoms. The Bertz CT molecular complexity index is 829. The van der Waals surface area contributed by atoms with Gasteiger partial charge in [-0.2, -0.15) is 9.36 Å². The molecule has 0 unspecified atom stereocenters. The zero-order chi connectivity index (χ0) is 16.1. The minimum atomic E-state index is -0.315. The fourth-order valence-corrected chi connectivity index (χ4v) is 2.46. The molecule has 114 valence electrons. The molecule has 3 rings (SSSR count). The van der Waals surface area contributed by atoms with Gasteiger partial charge in [-0.25, -0.2) is 4.39 Å². The molecule has 0 radical (unpaired) electrons. The number of carbonyl (C=O) groups is 1. The highest BCUT2D eigenvalue weighted by molar-refractivity contribution is 7.10. The van der Waals surface area contributed by atoms with Crippen LogP contribution in [0.5, 0.6) is 0 Å². The highest BCUT2D eigenvalue weighted by atomic mass is 32.1. The number of nitrogens with zero attached hydrogens (tertiary/aromatic N) is 2. The quantitative estimate of drug-likeness (QED) is 0.738. The molecule has 0 bridgehead atoms. The van der Waals surface area contributed by atoms with Gasteiger partial charge >= 0.3 is 0 Å². The number of aromatic nitrogens is 2. The van der Waals surface area contributed by atoms with Crippen molar-refractivity contribution in [2.75, 3.05) is 5.32 Å². The van der Waals surface area contributed by atoms with E-state index in [1.807, 2.05) is 30.3 Å². The highest BCUT2D eigenvalue weighted by Crippen LogP contribution is 2.20. The number of carbonyl (C=O) groups excluding carboxylic acids is 1. The van der Waals surface area contributed by atoms with Crippen LogP contribution in [0.2, 0.25) is 0 Å². The molecule has 2 aromatic carbocycles. The summed E-state index contributed by atoms with van der Waals surface area (Å²) in [5.74, 6) is -0.0487. The second-order valence-electron chi connectivity index (χ2n) is 4.66. The van der Waals surface area contributed by atoms with Crippen LogP contribution in [-0.4, -0.2) is 15.3 Å². The van der Waals surface area contributed by atoms with Gasteiger partial charge in [0.25, 0.3) is 0 Å². The van der Waals surface area contributed by atoms with Crippen LogP contribution in [0.4, 0.5) is 9.52 Å². The van der Waals surface area contributed by atoms with E-state index in [1.54, 1.807) is 18.2 Å². The fourth-order valence-electron chi connectivity index (χ4n) is 1.87. The SMILES string of the molecule is O=C(/C=C/c1ccc(F)cc1)Nc1nc(-c2ccccc2)ns1. The number of hydrogen-bond acceptors (Lipinski definition) is 4. The first-order chi connectivity index (χ1) is 11.2. The summed E-state index contributed by atoms with van der Waals surface area (Å²) < 4.78 is 17.0. The third kappa shape index (κ3) is 4.08. The summed E-state index contributed by atoms with van der Waals surface area (Å²) in [6.45, 7) is 0. The predicted molar refractivity (Wildman–Crippen MR) is 89.4 cm³/mol. The molecule has 0 fully saturated rings. The topological polar surface area (TPSA) is 54.9 Å². The van der Waals surface area contributed by atoms with Crippen LogP contribution in [0.3, 0.4) is 0 Å². The van der Waals surface area contributed by atoms with Gasteiger partial charge in [-0.15, -0.1) is 0 Å². The van der Waals surface area contributed by atoms with Crippen molar-refractivity contribution in [3.05, 3.63) is 72.1 Å². The van der Waals surface area contributed by atoms with Gasteiger partial charge in [0.2, 0.25) is 11.0 Å². The Morgan fingerprint density at radius 1 is 1.09 bits per heavy atom. The molecule has 0 saturated heterocycles. The number of hydrogen-bond donors (Lipinski definition) is 1. The third-order valence-electron chi connectivity index (χ3n) is 2.99. The molecular weight excluding hydrogens is 313 g/mol. The molecule has 0 atom stereocenters. The standard InChI is InChI=1S/C17H12FN3OS/c18-14-9-6-12(7-10-14)8-11-15(22)19-17-20-16(21-23-17)13-4-2-1-3-5-13/h1-11H,(H,19,20,21,22)/b11-8+. The molecule has 1 N–H and O–H groups in total. The molecular formula is C17H12FN3OS. The highest BCUT2D eigenvalue weighted by Gasteiger charge is 2.07. The van der Waals surface area contributed by atoms with Gasteiger partial charge in [-0.05, 0) is 23.8 Å². The van der Waals surface area contributed by atoms with E-state index < -0.39 is 0 Å². The van der Waals surface area contributed by atoms with E-state index in [-0.39, 0.29) is 11.7 Å². The zero-order valence-electron chi connectivity index (χ0n) is 11.9. The first-order valence-electron chi connectivity index (χ1n) is 6.84. The average Bonchev–Trinajstić information content (AvgIpc) is 3.04. The van der Waals surface area contributed by atoms with Gasteiger partial charge in [0.15, 0.2) is 5.82 Å². The van der Waals surface area contributed by atoms with Crippen molar-refractivity contribution < 1.29 is 9.18 Å². The van der Waals surface area contributed by atoms with E-state index in [1.165, 1.54) is 18.2 Å². The molecule has 4 nitrogen and oxygen atoms in total. The molecule has 1 heterocycles. The first-order valence-corrected chi connectivity index (χ1v) is 7.62. The summed E-state index contributed by atoms with van der Waals surface area (Å²) in [5.41, 5.74) is 1.63. The maximum absolute atomic E-state index is 12.8. The monoisotopic (exact) mass is 325 g/mol. The van der Waals surface area contributed by atoms with Crippen molar-refractivity contribution in [3.63, 3.8) is 0 Å². The normalized spacial score (nSPS) is 10.8. The van der Waals surface area contributed by atoms with Gasteiger partial charge < -0.3 is 0 Å². The molecule has 23 heavy (non-hydrogen) atoms. The van der Waals surface area contributed by atoms with E-state index in [2.05, 4.69) is 14.7 Å². The van der Waals surface area contributed by atoms with Gasteiger partial charge in [0.05, 0.1) is 0 Å². The largest absolute Gasteiger partial charge is 0.297 e. The smallest absolute Gasteiger partial charge is 0.250 e. The number of rotatable bonds is 4. The number of halogens is 1. The maximum atomic E-state index is 12.8. The van der Waals surface area contributed by atoms with E-state index in [4.69, 9.17) is 0 Å². The Labute approximate surface area is 136 Å². The third-order valence-corrected chi connectivity index (χ3v) is 3.62. The van der Waals surface area contributed by atoms with E-state index in [0.717, 1.165) is 22.7 Å². The lowest BCUT2D eigenvalue weighted by Crippen LogP contribution is -2.07. The lowest BCUT2D eigenvalue weighted by atomic mass is 10.2. The van der Waals surface area contributed by atoms with E-state index in [0.29, 0.717) is 11.0 Å². The first kappa shape index (κ1) is 15.1. The van der Waals surface area contributed by atoms with Gasteiger partial charge in [0.1, 0.15) is 5.82 Å². The van der Waals surface area contributed by atoms with E-state index in [9.17, 15) is 9.18 Å². The van der Waals surface area contributed by atoms with Crippen LogP contribution < -0.4 is 5.32 Å². The van der Waals surface area contributed by atoms with E-state index >= 15 is 0 Å². The minimum Gasteiger partial charge on any atom is -0.297 e. The maximum Gasteiger partial charge on any atom is 0.250 e. The van der Waals surface area contributed by atoms with Crippen LogP contribution in [0, 0.1) is 5.82 Å². The molecule has 3 aromatic rings. The molecule has 0 aliphatic carbocycles. The van der Waals surface area contributed by atoms with Gasteiger partial charge in [-0.3, -0.25) is 10.1 Å². The van der Waals surface area contributed by atoms with Crippen LogP contribution in [0.15, 0.2) is 60.7 Å². The lowest BCUT2D eigenvalue weighted by molar-refractivity contribution is -0.111. The van der Waals surface area contributed by atoms with Crippen molar-refractivity contribution in [1.29, 1.82) is 0 Å². The average molecular weight is 325 g/mol. The number of amides is 1. The van der Waals surface area contributed by atoms with Crippen LogP contribution in [-0.2, 0) is 4.79 Å². The summed E-state index contributed by atoms with van der Waals surface area (Å²) in [5, 5.41) is 3.09. The Hall–Kier alpha value is -2.86. The Morgan fingerprint density at radius 2 is 1.83 bits per heavy atom. The summed E-state index contributed by atoms with van der Waals surface area (Å²) in [4.78, 5) is 16.1. The van der Waals surface area contributed by atoms with Crippen molar-refractivity contribution >= 4 is 28.6 Å². The van der Waals surface area contributed by atoms with Gasteiger partial charge in [0, 0.05) is 23.2 Å². The summed E-state index contributed by atoms with van der Waals surface area (Å²) in [6.07, 6.45) is 2.98. The number of benzene rings is 2. The van der Waals surface area contributed by atoms with Crippen molar-refractivity contribution in [3.8, 4) is 11.4 Å². The second-order valence-corrected chi connectivity index (χ2v) is 5.42. The zero-order valence-corrected chi connectivity index (χ0v) is 12.8. The van der Waals surface area contributed by atoms with Gasteiger partial charge in [-0.1, -0.05) is 42.5 Å². The predicted octanol–water partition coefficient (Wildman–Crippen LogP) is 4.00. The minimum absolute atomic E-state index is 0.311. The molecule has 1 amide bonds. The molecule has 1 aromatic heterocycles. The fraction of sp³-hybridized carbons (Fsp3) is 0. The molecule has 0 saturated carbocycles. The lowest BCUT2D eigenvalue weighted by Gasteiger charge is -1.96. The van der Waals surface area contributed by atoms with Crippen molar-refractivity contribution in [2.45, 2.75) is 0 Å². The van der Waals surface area contributed by atoms with Crippen LogP contribution in [0.25, 0.3) is 17.5 Å². The number of nitrogens with one attached hydrogen (secondary N) is 1. The van der Waals surface area contributed by atoms with Crippen molar-refractivity contribution in [2.24, 2.45) is 0 Å². The molecule has 0 spiro atoms.